The second kappa shape index (κ2) is 5.92. The summed E-state index contributed by atoms with van der Waals surface area (Å²) in [6.07, 6.45) is 2.04. The second-order valence-corrected chi connectivity index (χ2v) is 3.77. The summed E-state index contributed by atoms with van der Waals surface area (Å²) in [5.41, 5.74) is 7.17. The molecular formula is C12H14N4O2. The lowest BCUT2D eigenvalue weighted by Crippen LogP contribution is -2.23. The molecule has 0 saturated carbocycles. The summed E-state index contributed by atoms with van der Waals surface area (Å²) in [5, 5.41) is 6.31. The molecule has 94 valence electrons. The molecular weight excluding hydrogens is 232 g/mol. The molecule has 0 radical (unpaired) electrons. The topological polar surface area (TPSA) is 94.0 Å². The molecule has 0 bridgehead atoms. The van der Waals surface area contributed by atoms with Crippen molar-refractivity contribution in [2.45, 2.75) is 13.0 Å². The Morgan fingerprint density at radius 1 is 1.33 bits per heavy atom. The summed E-state index contributed by atoms with van der Waals surface area (Å²) in [7, 11) is 0. The number of nitrogens with zero attached hydrogens (tertiary/aromatic N) is 2. The SMILES string of the molecule is NCCc1ccc(C(=O)NCc2ncon2)cc1. The average Bonchev–Trinajstić information content (AvgIpc) is 2.90. The quantitative estimate of drug-likeness (QED) is 0.801. The fraction of sp³-hybridized carbons (Fsp3) is 0.250. The van der Waals surface area contributed by atoms with Crippen molar-refractivity contribution in [1.82, 2.24) is 15.5 Å². The lowest BCUT2D eigenvalue weighted by atomic mass is 10.1. The van der Waals surface area contributed by atoms with Crippen LogP contribution in [0.25, 0.3) is 0 Å². The number of hydrogen-bond acceptors (Lipinski definition) is 5. The van der Waals surface area contributed by atoms with E-state index in [4.69, 9.17) is 5.73 Å². The van der Waals surface area contributed by atoms with Gasteiger partial charge in [-0.3, -0.25) is 4.79 Å². The smallest absolute Gasteiger partial charge is 0.251 e. The number of nitrogens with one attached hydrogen (secondary N) is 1. The van der Waals surface area contributed by atoms with Gasteiger partial charge in [0.1, 0.15) is 0 Å². The van der Waals surface area contributed by atoms with E-state index in [9.17, 15) is 4.79 Å². The van der Waals surface area contributed by atoms with E-state index in [-0.39, 0.29) is 12.5 Å². The van der Waals surface area contributed by atoms with Crippen LogP contribution < -0.4 is 11.1 Å². The van der Waals surface area contributed by atoms with E-state index in [1.807, 2.05) is 12.1 Å². The van der Waals surface area contributed by atoms with Gasteiger partial charge < -0.3 is 15.6 Å². The Kier molecular flexibility index (Phi) is 4.03. The van der Waals surface area contributed by atoms with E-state index >= 15 is 0 Å². The van der Waals surface area contributed by atoms with Gasteiger partial charge in [0.15, 0.2) is 5.82 Å². The van der Waals surface area contributed by atoms with Gasteiger partial charge in [-0.15, -0.1) is 0 Å². The van der Waals surface area contributed by atoms with Crippen LogP contribution in [0.3, 0.4) is 0 Å². The third kappa shape index (κ3) is 3.14. The first kappa shape index (κ1) is 12.3. The molecule has 6 nitrogen and oxygen atoms in total. The van der Waals surface area contributed by atoms with Gasteiger partial charge >= 0.3 is 0 Å². The first-order chi connectivity index (χ1) is 8.79. The highest BCUT2D eigenvalue weighted by Crippen LogP contribution is 2.05. The van der Waals surface area contributed by atoms with E-state index < -0.39 is 0 Å². The van der Waals surface area contributed by atoms with E-state index in [1.54, 1.807) is 12.1 Å². The number of rotatable bonds is 5. The van der Waals surface area contributed by atoms with Gasteiger partial charge in [0.05, 0.1) is 6.54 Å². The van der Waals surface area contributed by atoms with Crippen LogP contribution in [0.2, 0.25) is 0 Å². The number of carbonyl (C=O) groups is 1. The Labute approximate surface area is 104 Å². The summed E-state index contributed by atoms with van der Waals surface area (Å²) < 4.78 is 4.57. The van der Waals surface area contributed by atoms with Crippen LogP contribution in [0.1, 0.15) is 21.7 Å². The van der Waals surface area contributed by atoms with E-state index in [0.29, 0.717) is 17.9 Å². The summed E-state index contributed by atoms with van der Waals surface area (Å²) in [5.74, 6) is 0.280. The largest absolute Gasteiger partial charge is 0.345 e. The molecule has 0 atom stereocenters. The number of hydrogen-bond donors (Lipinski definition) is 2. The van der Waals surface area contributed by atoms with Crippen LogP contribution in [0.4, 0.5) is 0 Å². The molecule has 3 N–H and O–H groups in total. The molecule has 1 amide bonds. The molecule has 1 aromatic heterocycles. The molecule has 2 rings (SSSR count). The maximum absolute atomic E-state index is 11.8. The van der Waals surface area contributed by atoms with Crippen molar-refractivity contribution in [2.75, 3.05) is 6.54 Å². The number of carbonyl (C=O) groups excluding carboxylic acids is 1. The summed E-state index contributed by atoms with van der Waals surface area (Å²) >= 11 is 0. The number of amides is 1. The van der Waals surface area contributed by atoms with Gasteiger partial charge in [-0.1, -0.05) is 17.3 Å². The molecule has 0 fully saturated rings. The average molecular weight is 246 g/mol. The predicted octanol–water partition coefficient (Wildman–Crippen LogP) is 0.501. The van der Waals surface area contributed by atoms with Gasteiger partial charge in [0.2, 0.25) is 6.39 Å². The van der Waals surface area contributed by atoms with Gasteiger partial charge in [0.25, 0.3) is 5.91 Å². The molecule has 0 unspecified atom stereocenters. The third-order valence-electron chi connectivity index (χ3n) is 2.46. The van der Waals surface area contributed by atoms with Gasteiger partial charge in [-0.05, 0) is 30.7 Å². The van der Waals surface area contributed by atoms with Crippen molar-refractivity contribution in [2.24, 2.45) is 5.73 Å². The molecule has 0 aliphatic carbocycles. The van der Waals surface area contributed by atoms with Crippen LogP contribution >= 0.6 is 0 Å². The maximum Gasteiger partial charge on any atom is 0.251 e. The Bertz CT molecular complexity index is 493. The highest BCUT2D eigenvalue weighted by atomic mass is 16.5. The minimum absolute atomic E-state index is 0.168. The maximum atomic E-state index is 11.8. The first-order valence-electron chi connectivity index (χ1n) is 5.62. The molecule has 0 aliphatic rings. The van der Waals surface area contributed by atoms with Crippen molar-refractivity contribution in [3.8, 4) is 0 Å². The van der Waals surface area contributed by atoms with Crippen molar-refractivity contribution < 1.29 is 9.32 Å². The summed E-state index contributed by atoms with van der Waals surface area (Å²) in [4.78, 5) is 15.6. The second-order valence-electron chi connectivity index (χ2n) is 3.77. The molecule has 2 aromatic rings. The minimum atomic E-state index is -0.168. The van der Waals surface area contributed by atoms with Gasteiger partial charge in [-0.25, -0.2) is 0 Å². The predicted molar refractivity (Wildman–Crippen MR) is 64.7 cm³/mol. The molecule has 18 heavy (non-hydrogen) atoms. The van der Waals surface area contributed by atoms with Crippen LogP contribution in [0.15, 0.2) is 35.2 Å². The summed E-state index contributed by atoms with van der Waals surface area (Å²) in [6.45, 7) is 0.850. The van der Waals surface area contributed by atoms with Crippen molar-refractivity contribution in [3.05, 3.63) is 47.6 Å². The standard InChI is InChI=1S/C12H14N4O2/c13-6-5-9-1-3-10(4-2-9)12(17)14-7-11-15-8-18-16-11/h1-4,8H,5-7,13H2,(H,14,17). The van der Waals surface area contributed by atoms with Crippen molar-refractivity contribution in [3.63, 3.8) is 0 Å². The first-order valence-corrected chi connectivity index (χ1v) is 5.62. The van der Waals surface area contributed by atoms with E-state index in [0.717, 1.165) is 12.0 Å². The zero-order valence-corrected chi connectivity index (χ0v) is 9.80. The van der Waals surface area contributed by atoms with Crippen LogP contribution in [0.5, 0.6) is 0 Å². The fourth-order valence-electron chi connectivity index (χ4n) is 1.52. The molecule has 1 aromatic carbocycles. The Hall–Kier alpha value is -2.21. The molecule has 0 spiro atoms. The normalized spacial score (nSPS) is 10.3. The minimum Gasteiger partial charge on any atom is -0.345 e. The lowest BCUT2D eigenvalue weighted by molar-refractivity contribution is 0.0949. The van der Waals surface area contributed by atoms with Crippen molar-refractivity contribution >= 4 is 5.91 Å². The zero-order chi connectivity index (χ0) is 12.8. The number of aromatic nitrogens is 2. The van der Waals surface area contributed by atoms with Crippen molar-refractivity contribution in [1.29, 1.82) is 0 Å². The molecule has 0 saturated heterocycles. The highest BCUT2D eigenvalue weighted by Gasteiger charge is 2.06. The molecule has 0 aliphatic heterocycles. The monoisotopic (exact) mass is 246 g/mol. The van der Waals surface area contributed by atoms with E-state index in [1.165, 1.54) is 6.39 Å². The third-order valence-corrected chi connectivity index (χ3v) is 2.46. The van der Waals surface area contributed by atoms with Crippen LogP contribution in [-0.4, -0.2) is 22.6 Å². The molecule has 6 heteroatoms. The van der Waals surface area contributed by atoms with E-state index in [2.05, 4.69) is 20.0 Å². The molecule has 1 heterocycles. The number of benzene rings is 1. The highest BCUT2D eigenvalue weighted by molar-refractivity contribution is 5.94. The zero-order valence-electron chi connectivity index (χ0n) is 9.80. The Morgan fingerprint density at radius 2 is 2.11 bits per heavy atom. The van der Waals surface area contributed by atoms with Crippen LogP contribution in [-0.2, 0) is 13.0 Å². The Morgan fingerprint density at radius 3 is 2.72 bits per heavy atom. The number of nitrogens with two attached hydrogens (primary N) is 1. The Balaban J connectivity index is 1.92. The fourth-order valence-corrected chi connectivity index (χ4v) is 1.52. The van der Waals surface area contributed by atoms with Gasteiger partial charge in [-0.2, -0.15) is 4.98 Å². The lowest BCUT2D eigenvalue weighted by Gasteiger charge is -2.04. The van der Waals surface area contributed by atoms with Crippen LogP contribution in [0, 0.1) is 0 Å². The summed E-state index contributed by atoms with van der Waals surface area (Å²) in [6, 6.07) is 7.35. The van der Waals surface area contributed by atoms with Gasteiger partial charge in [0, 0.05) is 5.56 Å².